The molecular formula is C24H20N4O4S. The normalized spacial score (nSPS) is 10.9. The van der Waals surface area contributed by atoms with Crippen molar-refractivity contribution >= 4 is 27.3 Å². The number of nitrogens with one attached hydrogen (secondary N) is 2. The van der Waals surface area contributed by atoms with Gasteiger partial charge in [-0.2, -0.15) is 0 Å². The van der Waals surface area contributed by atoms with Crippen molar-refractivity contribution in [1.29, 1.82) is 0 Å². The van der Waals surface area contributed by atoms with Crippen LogP contribution in [0.5, 0.6) is 11.6 Å². The molecule has 0 aliphatic rings. The molecule has 1 heterocycles. The van der Waals surface area contributed by atoms with Crippen LogP contribution in [0.25, 0.3) is 0 Å². The molecule has 0 aliphatic heterocycles. The van der Waals surface area contributed by atoms with E-state index in [-0.39, 0.29) is 10.8 Å². The number of amides is 1. The summed E-state index contributed by atoms with van der Waals surface area (Å²) in [6, 6.07) is 19.6. The third kappa shape index (κ3) is 5.52. The quantitative estimate of drug-likeness (QED) is 0.416. The summed E-state index contributed by atoms with van der Waals surface area (Å²) in [5.41, 5.74) is 2.13. The molecule has 0 spiro atoms. The van der Waals surface area contributed by atoms with E-state index in [2.05, 4.69) is 20.0 Å². The first-order valence-corrected chi connectivity index (χ1v) is 11.4. The van der Waals surface area contributed by atoms with Crippen LogP contribution in [-0.2, 0) is 10.0 Å². The highest BCUT2D eigenvalue weighted by Crippen LogP contribution is 2.23. The van der Waals surface area contributed by atoms with Gasteiger partial charge in [0.1, 0.15) is 5.75 Å². The molecule has 1 amide bonds. The fraction of sp³-hybridized carbons (Fsp3) is 0.0417. The molecule has 0 unspecified atom stereocenters. The van der Waals surface area contributed by atoms with Crippen LogP contribution < -0.4 is 14.8 Å². The van der Waals surface area contributed by atoms with Gasteiger partial charge in [0.15, 0.2) is 0 Å². The fourth-order valence-electron chi connectivity index (χ4n) is 2.98. The molecule has 0 saturated carbocycles. The van der Waals surface area contributed by atoms with Gasteiger partial charge in [-0.25, -0.2) is 13.4 Å². The molecule has 0 saturated heterocycles. The SMILES string of the molecule is Cc1ccccc1NS(=O)(=O)c1ccc(C(=O)Nc2cccc(Oc3cnccn3)c2)cc1. The summed E-state index contributed by atoms with van der Waals surface area (Å²) in [5, 5.41) is 2.77. The molecule has 4 rings (SSSR count). The van der Waals surface area contributed by atoms with E-state index < -0.39 is 10.0 Å². The molecule has 166 valence electrons. The second-order valence-electron chi connectivity index (χ2n) is 7.07. The molecule has 0 fully saturated rings. The summed E-state index contributed by atoms with van der Waals surface area (Å²) in [6.45, 7) is 1.82. The number of anilines is 2. The number of aromatic nitrogens is 2. The molecule has 0 atom stereocenters. The lowest BCUT2D eigenvalue weighted by Gasteiger charge is -2.11. The topological polar surface area (TPSA) is 110 Å². The van der Waals surface area contributed by atoms with Crippen LogP contribution in [-0.4, -0.2) is 24.3 Å². The van der Waals surface area contributed by atoms with Crippen molar-refractivity contribution in [2.45, 2.75) is 11.8 Å². The number of carbonyl (C=O) groups is 1. The second-order valence-corrected chi connectivity index (χ2v) is 8.75. The van der Waals surface area contributed by atoms with Crippen LogP contribution in [0.1, 0.15) is 15.9 Å². The highest BCUT2D eigenvalue weighted by Gasteiger charge is 2.16. The molecule has 3 aromatic carbocycles. The number of nitrogens with zero attached hydrogens (tertiary/aromatic N) is 2. The van der Waals surface area contributed by atoms with Gasteiger partial charge in [0.05, 0.1) is 16.8 Å². The third-order valence-electron chi connectivity index (χ3n) is 4.67. The predicted octanol–water partition coefficient (Wildman–Crippen LogP) is 4.63. The van der Waals surface area contributed by atoms with Crippen LogP contribution in [0.15, 0.2) is 96.3 Å². The van der Waals surface area contributed by atoms with Crippen molar-refractivity contribution in [1.82, 2.24) is 9.97 Å². The summed E-state index contributed by atoms with van der Waals surface area (Å²) < 4.78 is 33.5. The van der Waals surface area contributed by atoms with Crippen LogP contribution >= 0.6 is 0 Å². The van der Waals surface area contributed by atoms with E-state index in [9.17, 15) is 13.2 Å². The van der Waals surface area contributed by atoms with E-state index in [4.69, 9.17) is 4.74 Å². The minimum atomic E-state index is -3.78. The Balaban J connectivity index is 1.44. The molecule has 33 heavy (non-hydrogen) atoms. The van der Waals surface area contributed by atoms with Crippen LogP contribution in [0.2, 0.25) is 0 Å². The number of rotatable bonds is 7. The average Bonchev–Trinajstić information content (AvgIpc) is 2.81. The summed E-state index contributed by atoms with van der Waals surface area (Å²) in [5.74, 6) is 0.427. The fourth-order valence-corrected chi connectivity index (χ4v) is 4.11. The Morgan fingerprint density at radius 3 is 2.45 bits per heavy atom. The van der Waals surface area contributed by atoms with Gasteiger partial charge in [0.2, 0.25) is 5.88 Å². The zero-order valence-electron chi connectivity index (χ0n) is 17.6. The highest BCUT2D eigenvalue weighted by molar-refractivity contribution is 7.92. The van der Waals surface area contributed by atoms with Crippen molar-refractivity contribution in [3.63, 3.8) is 0 Å². The number of benzene rings is 3. The Hall–Kier alpha value is -4.24. The van der Waals surface area contributed by atoms with E-state index in [0.29, 0.717) is 28.6 Å². The molecule has 9 heteroatoms. The lowest BCUT2D eigenvalue weighted by atomic mass is 10.2. The molecule has 0 radical (unpaired) electrons. The van der Waals surface area contributed by atoms with Gasteiger partial charge in [-0.3, -0.25) is 14.5 Å². The number of ether oxygens (including phenoxy) is 1. The van der Waals surface area contributed by atoms with Crippen molar-refractivity contribution in [3.8, 4) is 11.6 Å². The van der Waals surface area contributed by atoms with Crippen LogP contribution in [0, 0.1) is 6.92 Å². The van der Waals surface area contributed by atoms with Crippen molar-refractivity contribution in [2.75, 3.05) is 10.0 Å². The van der Waals surface area contributed by atoms with E-state index >= 15 is 0 Å². The van der Waals surface area contributed by atoms with Gasteiger partial charge in [-0.05, 0) is 55.0 Å². The van der Waals surface area contributed by atoms with Gasteiger partial charge >= 0.3 is 0 Å². The van der Waals surface area contributed by atoms with E-state index in [1.807, 2.05) is 19.1 Å². The third-order valence-corrected chi connectivity index (χ3v) is 6.05. The average molecular weight is 461 g/mol. The van der Waals surface area contributed by atoms with Crippen molar-refractivity contribution in [3.05, 3.63) is 103 Å². The predicted molar refractivity (Wildman–Crippen MR) is 125 cm³/mol. The first kappa shape index (κ1) is 22.0. The minimum absolute atomic E-state index is 0.0571. The molecule has 0 aliphatic carbocycles. The van der Waals surface area contributed by atoms with Gasteiger partial charge < -0.3 is 10.1 Å². The largest absolute Gasteiger partial charge is 0.437 e. The maximum absolute atomic E-state index is 12.7. The lowest BCUT2D eigenvalue weighted by Crippen LogP contribution is -2.15. The molecular weight excluding hydrogens is 440 g/mol. The first-order valence-electron chi connectivity index (χ1n) is 9.94. The van der Waals surface area contributed by atoms with Crippen LogP contribution in [0.3, 0.4) is 0 Å². The summed E-state index contributed by atoms with van der Waals surface area (Å²) in [6.07, 6.45) is 4.54. The van der Waals surface area contributed by atoms with Crippen molar-refractivity contribution in [2.24, 2.45) is 0 Å². The monoisotopic (exact) mass is 460 g/mol. The number of para-hydroxylation sites is 1. The van der Waals surface area contributed by atoms with E-state index in [1.54, 1.807) is 42.6 Å². The lowest BCUT2D eigenvalue weighted by molar-refractivity contribution is 0.102. The number of sulfonamides is 1. The zero-order chi connectivity index (χ0) is 23.3. The Kier molecular flexibility index (Phi) is 6.32. The minimum Gasteiger partial charge on any atom is -0.437 e. The smallest absolute Gasteiger partial charge is 0.261 e. The molecule has 2 N–H and O–H groups in total. The van der Waals surface area contributed by atoms with E-state index in [1.165, 1.54) is 36.7 Å². The molecule has 1 aromatic heterocycles. The summed E-state index contributed by atoms with van der Waals surface area (Å²) in [4.78, 5) is 20.7. The van der Waals surface area contributed by atoms with Gasteiger partial charge in [-0.15, -0.1) is 0 Å². The molecule has 4 aromatic rings. The Morgan fingerprint density at radius 1 is 0.939 bits per heavy atom. The molecule has 8 nitrogen and oxygen atoms in total. The van der Waals surface area contributed by atoms with Crippen LogP contribution in [0.4, 0.5) is 11.4 Å². The number of carbonyl (C=O) groups excluding carboxylic acids is 1. The second kappa shape index (κ2) is 9.49. The number of hydrogen-bond donors (Lipinski definition) is 2. The van der Waals surface area contributed by atoms with Crippen molar-refractivity contribution < 1.29 is 17.9 Å². The summed E-state index contributed by atoms with van der Waals surface area (Å²) >= 11 is 0. The highest BCUT2D eigenvalue weighted by atomic mass is 32.2. The Labute approximate surface area is 191 Å². The zero-order valence-corrected chi connectivity index (χ0v) is 18.4. The van der Waals surface area contributed by atoms with E-state index in [0.717, 1.165) is 5.56 Å². The van der Waals surface area contributed by atoms with Gasteiger partial charge in [0, 0.05) is 29.7 Å². The van der Waals surface area contributed by atoms with Gasteiger partial charge in [0.25, 0.3) is 15.9 Å². The number of aryl methyl sites for hydroxylation is 1. The maximum atomic E-state index is 12.7. The molecule has 0 bridgehead atoms. The standard InChI is InChI=1S/C24H20N4O4S/c1-17-5-2-3-8-22(17)28-33(30,31)21-11-9-18(10-12-21)24(29)27-19-6-4-7-20(15-19)32-23-16-25-13-14-26-23/h2-16,28H,1H3,(H,27,29). The maximum Gasteiger partial charge on any atom is 0.261 e. The Morgan fingerprint density at radius 2 is 1.73 bits per heavy atom. The summed E-state index contributed by atoms with van der Waals surface area (Å²) in [7, 11) is -3.78. The van der Waals surface area contributed by atoms with Gasteiger partial charge in [-0.1, -0.05) is 24.3 Å². The number of hydrogen-bond acceptors (Lipinski definition) is 6. The Bertz CT molecular complexity index is 1380. The first-order chi connectivity index (χ1) is 15.9.